The van der Waals surface area contributed by atoms with E-state index in [1.165, 1.54) is 12.3 Å². The second kappa shape index (κ2) is 13.4. The van der Waals surface area contributed by atoms with Crippen molar-refractivity contribution in [3.05, 3.63) is 71.7 Å². The van der Waals surface area contributed by atoms with Crippen LogP contribution >= 0.6 is 0 Å². The van der Waals surface area contributed by atoms with Crippen molar-refractivity contribution < 1.29 is 36.2 Å². The normalized spacial score (nSPS) is 17.6. The van der Waals surface area contributed by atoms with E-state index in [0.717, 1.165) is 49.4 Å². The number of fused-ring (bicyclic) bond motifs is 1. The molecule has 0 unspecified atom stereocenters. The molecule has 1 N–H and O–H groups in total. The SMILES string of the molecule is FC(F)Oc1cc(COc2cccc(C3CCN(Cc4nc5cc(-c6nnc(C(F)(F)F)[nH]6)ncc5n4C[C@@H]4CCO4)CC3)n2)ccn1. The maximum absolute atomic E-state index is 13.1. The Balaban J connectivity index is 1.01. The number of rotatable bonds is 11. The zero-order chi connectivity index (χ0) is 33.3. The van der Waals surface area contributed by atoms with Gasteiger partial charge in [0.25, 0.3) is 0 Å². The molecule has 0 bridgehead atoms. The van der Waals surface area contributed by atoms with Gasteiger partial charge in [-0.15, -0.1) is 10.2 Å². The van der Waals surface area contributed by atoms with E-state index in [1.807, 2.05) is 12.1 Å². The van der Waals surface area contributed by atoms with E-state index in [4.69, 9.17) is 19.4 Å². The van der Waals surface area contributed by atoms with Gasteiger partial charge in [-0.05, 0) is 56.1 Å². The molecule has 17 heteroatoms. The van der Waals surface area contributed by atoms with Crippen LogP contribution in [0.15, 0.2) is 48.8 Å². The van der Waals surface area contributed by atoms with Crippen LogP contribution in [0.1, 0.15) is 48.1 Å². The number of halogens is 5. The summed E-state index contributed by atoms with van der Waals surface area (Å²) in [6.45, 7) is 0.632. The van der Waals surface area contributed by atoms with Crippen molar-refractivity contribution in [3.8, 4) is 23.3 Å². The molecular formula is C31H30F5N9O3. The third-order valence-corrected chi connectivity index (χ3v) is 8.40. The lowest BCUT2D eigenvalue weighted by atomic mass is 9.93. The van der Waals surface area contributed by atoms with Crippen LogP contribution in [-0.2, 0) is 30.6 Å². The fourth-order valence-corrected chi connectivity index (χ4v) is 5.84. The molecule has 5 aromatic rings. The number of imidazole rings is 1. The number of alkyl halides is 5. The standard InChI is InChI=1S/C31H30F5N9O3/c32-30(33)48-27-12-18(4-8-37-27)17-47-26-3-1-2-21(40-26)19-5-9-44(10-6-19)16-25-39-22-13-23(28-41-29(43-42-28)31(34,35)36)38-14-24(22)45(25)15-20-7-11-46-20/h1-4,8,12-14,19-20,30H,5-7,9-11,15-17H2,(H,41,42,43)/t20-/m0/s1. The lowest BCUT2D eigenvalue weighted by molar-refractivity contribution is -0.144. The molecule has 0 radical (unpaired) electrons. The molecule has 48 heavy (non-hydrogen) atoms. The number of nitrogens with one attached hydrogen (secondary N) is 1. The van der Waals surface area contributed by atoms with Crippen molar-refractivity contribution in [2.24, 2.45) is 0 Å². The van der Waals surface area contributed by atoms with Crippen LogP contribution in [0.3, 0.4) is 0 Å². The van der Waals surface area contributed by atoms with Gasteiger partial charge in [0.2, 0.25) is 17.6 Å². The number of ether oxygens (including phenoxy) is 3. The third kappa shape index (κ3) is 7.21. The largest absolute Gasteiger partial charge is 0.473 e. The molecule has 2 fully saturated rings. The van der Waals surface area contributed by atoms with E-state index >= 15 is 0 Å². The lowest BCUT2D eigenvalue weighted by Gasteiger charge is -2.32. The molecule has 0 aliphatic carbocycles. The zero-order valence-electron chi connectivity index (χ0n) is 25.4. The number of likely N-dealkylation sites (tertiary alicyclic amines) is 1. The smallest absolute Gasteiger partial charge is 0.451 e. The summed E-state index contributed by atoms with van der Waals surface area (Å²) in [7, 11) is 0. The van der Waals surface area contributed by atoms with Crippen LogP contribution in [-0.4, -0.2) is 77.0 Å². The predicted molar refractivity (Wildman–Crippen MR) is 159 cm³/mol. The Kier molecular flexibility index (Phi) is 8.87. The average Bonchev–Trinajstić information content (AvgIpc) is 3.67. The molecule has 7 heterocycles. The first kappa shape index (κ1) is 31.8. The molecule has 5 aromatic heterocycles. The molecule has 0 spiro atoms. The molecule has 7 rings (SSSR count). The fraction of sp³-hybridized carbons (Fsp3) is 0.419. The zero-order valence-corrected chi connectivity index (χ0v) is 25.4. The van der Waals surface area contributed by atoms with Gasteiger partial charge in [0.05, 0.1) is 36.4 Å². The number of piperidine rings is 1. The summed E-state index contributed by atoms with van der Waals surface area (Å²) in [5, 5.41) is 6.84. The van der Waals surface area contributed by atoms with Crippen molar-refractivity contribution in [2.45, 2.75) is 63.8 Å². The van der Waals surface area contributed by atoms with Crippen molar-refractivity contribution in [1.29, 1.82) is 0 Å². The summed E-state index contributed by atoms with van der Waals surface area (Å²) in [5.74, 6) is 0.0191. The highest BCUT2D eigenvalue weighted by Crippen LogP contribution is 2.31. The third-order valence-electron chi connectivity index (χ3n) is 8.40. The van der Waals surface area contributed by atoms with Crippen molar-refractivity contribution in [1.82, 2.24) is 44.6 Å². The quantitative estimate of drug-likeness (QED) is 0.183. The minimum absolute atomic E-state index is 0.0577. The molecule has 0 aromatic carbocycles. The van der Waals surface area contributed by atoms with E-state index in [9.17, 15) is 22.0 Å². The van der Waals surface area contributed by atoms with Crippen LogP contribution in [0.2, 0.25) is 0 Å². The Morgan fingerprint density at radius 1 is 1.00 bits per heavy atom. The minimum atomic E-state index is -4.64. The first-order chi connectivity index (χ1) is 23.2. The maximum atomic E-state index is 13.1. The summed E-state index contributed by atoms with van der Waals surface area (Å²) in [4.78, 5) is 22.2. The molecule has 2 aliphatic heterocycles. The van der Waals surface area contributed by atoms with Gasteiger partial charge in [-0.1, -0.05) is 6.07 Å². The van der Waals surface area contributed by atoms with Crippen LogP contribution in [0, 0.1) is 0 Å². The van der Waals surface area contributed by atoms with Gasteiger partial charge in [-0.25, -0.2) is 15.0 Å². The van der Waals surface area contributed by atoms with Gasteiger partial charge in [0.1, 0.15) is 18.1 Å². The predicted octanol–water partition coefficient (Wildman–Crippen LogP) is 5.37. The van der Waals surface area contributed by atoms with E-state index in [0.29, 0.717) is 36.7 Å². The number of nitrogens with zero attached hydrogens (tertiary/aromatic N) is 8. The van der Waals surface area contributed by atoms with Crippen LogP contribution < -0.4 is 9.47 Å². The highest BCUT2D eigenvalue weighted by molar-refractivity contribution is 5.78. The highest BCUT2D eigenvalue weighted by Gasteiger charge is 2.35. The van der Waals surface area contributed by atoms with Gasteiger partial charge >= 0.3 is 12.8 Å². The molecule has 2 aliphatic rings. The number of pyridine rings is 3. The fourth-order valence-electron chi connectivity index (χ4n) is 5.84. The molecule has 1 atom stereocenters. The molecular weight excluding hydrogens is 641 g/mol. The lowest BCUT2D eigenvalue weighted by Crippen LogP contribution is -2.35. The topological polar surface area (TPSA) is 129 Å². The highest BCUT2D eigenvalue weighted by atomic mass is 19.4. The summed E-state index contributed by atoms with van der Waals surface area (Å²) < 4.78 is 82.2. The molecule has 0 amide bonds. The number of hydrogen-bond donors (Lipinski definition) is 1. The Bertz CT molecular complexity index is 1870. The Hall–Kier alpha value is -4.77. The maximum Gasteiger partial charge on any atom is 0.451 e. The first-order valence-electron chi connectivity index (χ1n) is 15.4. The number of hydrogen-bond acceptors (Lipinski definition) is 10. The van der Waals surface area contributed by atoms with E-state index in [-0.39, 0.29) is 36.0 Å². The summed E-state index contributed by atoms with van der Waals surface area (Å²) in [6, 6.07) is 10.3. The Morgan fingerprint density at radius 3 is 2.56 bits per heavy atom. The van der Waals surface area contributed by atoms with Crippen molar-refractivity contribution in [2.75, 3.05) is 19.7 Å². The van der Waals surface area contributed by atoms with Crippen LogP contribution in [0.25, 0.3) is 22.6 Å². The first-order valence-corrected chi connectivity index (χ1v) is 15.4. The Labute approximate surface area is 270 Å². The molecule has 0 saturated carbocycles. The van der Waals surface area contributed by atoms with Gasteiger partial charge in [0, 0.05) is 36.5 Å². The van der Waals surface area contributed by atoms with E-state index in [1.54, 1.807) is 24.4 Å². The van der Waals surface area contributed by atoms with Crippen molar-refractivity contribution in [3.63, 3.8) is 0 Å². The number of aromatic nitrogens is 8. The minimum Gasteiger partial charge on any atom is -0.473 e. The number of H-pyrrole nitrogens is 1. The second-order valence-corrected chi connectivity index (χ2v) is 11.6. The van der Waals surface area contributed by atoms with Gasteiger partial charge in [-0.2, -0.15) is 22.0 Å². The van der Waals surface area contributed by atoms with Gasteiger partial charge in [0.15, 0.2) is 5.82 Å². The van der Waals surface area contributed by atoms with Crippen LogP contribution in [0.5, 0.6) is 11.8 Å². The van der Waals surface area contributed by atoms with Crippen LogP contribution in [0.4, 0.5) is 22.0 Å². The summed E-state index contributed by atoms with van der Waals surface area (Å²) in [6.07, 6.45) is 1.05. The number of aromatic amines is 1. The van der Waals surface area contributed by atoms with Crippen molar-refractivity contribution >= 4 is 11.0 Å². The van der Waals surface area contributed by atoms with E-state index < -0.39 is 18.6 Å². The second-order valence-electron chi connectivity index (χ2n) is 11.6. The summed E-state index contributed by atoms with van der Waals surface area (Å²) >= 11 is 0. The molecule has 252 valence electrons. The Morgan fingerprint density at radius 2 is 1.83 bits per heavy atom. The monoisotopic (exact) mass is 671 g/mol. The van der Waals surface area contributed by atoms with E-state index in [2.05, 4.69) is 39.4 Å². The summed E-state index contributed by atoms with van der Waals surface area (Å²) in [5.41, 5.74) is 3.11. The van der Waals surface area contributed by atoms with Gasteiger partial charge < -0.3 is 23.8 Å². The average molecular weight is 672 g/mol. The molecule has 2 saturated heterocycles. The molecule has 12 nitrogen and oxygen atoms in total. The van der Waals surface area contributed by atoms with Gasteiger partial charge in [-0.3, -0.25) is 9.88 Å².